The van der Waals surface area contributed by atoms with Crippen molar-refractivity contribution in [3.63, 3.8) is 0 Å². The third-order valence-corrected chi connectivity index (χ3v) is 8.57. The number of unbranched alkanes of at least 4 members (excludes halogenated alkanes) is 2. The molecular weight excluding hydrogens is 506 g/mol. The first-order valence-electron chi connectivity index (χ1n) is 11.8. The van der Waals surface area contributed by atoms with Gasteiger partial charge in [0.15, 0.2) is 0 Å². The highest BCUT2D eigenvalue weighted by Crippen LogP contribution is 2.66. The second-order valence-electron chi connectivity index (χ2n) is 8.98. The Balaban J connectivity index is 2.36. The molecule has 2 aliphatic heterocycles. The predicted octanol–water partition coefficient (Wildman–Crippen LogP) is 7.79. The quantitative estimate of drug-likeness (QED) is 0.219. The maximum Gasteiger partial charge on any atom is 0.380 e. The molecule has 0 aromatic carbocycles. The van der Waals surface area contributed by atoms with Gasteiger partial charge in [-0.15, -0.1) is 23.5 Å². The maximum atomic E-state index is 15.5. The second kappa shape index (κ2) is 10.1. The van der Waals surface area contributed by atoms with Gasteiger partial charge >= 0.3 is 17.8 Å². The monoisotopic (exact) mass is 538 g/mol. The number of allylic oxidation sites excluding steroid dienone is 2. The number of nitrogens with one attached hydrogen (secondary N) is 2. The van der Waals surface area contributed by atoms with Crippen molar-refractivity contribution in [2.75, 3.05) is 13.1 Å². The first kappa shape index (κ1) is 28.2. The van der Waals surface area contributed by atoms with Gasteiger partial charge in [-0.3, -0.25) is 0 Å². The van der Waals surface area contributed by atoms with Crippen molar-refractivity contribution in [2.24, 2.45) is 0 Å². The van der Waals surface area contributed by atoms with Gasteiger partial charge in [-0.25, -0.2) is 0 Å². The molecule has 0 aromatic heterocycles. The molecular formula is C25H32F6N2S2. The van der Waals surface area contributed by atoms with Gasteiger partial charge in [-0.2, -0.15) is 26.3 Å². The molecule has 2 N–H and O–H groups in total. The molecule has 0 bridgehead atoms. The van der Waals surface area contributed by atoms with Crippen LogP contribution in [0.4, 0.5) is 26.3 Å². The molecule has 0 aromatic rings. The van der Waals surface area contributed by atoms with Gasteiger partial charge in [0.05, 0.1) is 11.4 Å². The smallest absolute Gasteiger partial charge is 0.380 e. The summed E-state index contributed by atoms with van der Waals surface area (Å²) in [5.74, 6) is -15.7. The zero-order valence-corrected chi connectivity index (χ0v) is 22.0. The molecule has 196 valence electrons. The number of halogens is 6. The van der Waals surface area contributed by atoms with Gasteiger partial charge in [-0.05, 0) is 37.8 Å². The largest absolute Gasteiger partial charge is 0.384 e. The van der Waals surface area contributed by atoms with Crippen LogP contribution in [-0.2, 0) is 0 Å². The summed E-state index contributed by atoms with van der Waals surface area (Å²) >= 11 is 2.21. The summed E-state index contributed by atoms with van der Waals surface area (Å²) in [4.78, 5) is 0.747. The molecule has 2 nitrogen and oxygen atoms in total. The van der Waals surface area contributed by atoms with Gasteiger partial charge in [0.25, 0.3) is 0 Å². The number of hydrogen-bond acceptors (Lipinski definition) is 4. The number of thioether (sulfide) groups is 2. The third-order valence-electron chi connectivity index (χ3n) is 6.42. The fourth-order valence-corrected chi connectivity index (χ4v) is 6.79. The van der Waals surface area contributed by atoms with E-state index in [0.29, 0.717) is 35.7 Å². The van der Waals surface area contributed by atoms with E-state index in [0.717, 1.165) is 36.4 Å². The summed E-state index contributed by atoms with van der Waals surface area (Å²) in [5, 5.41) is 4.52. The summed E-state index contributed by atoms with van der Waals surface area (Å²) in [7, 11) is 0. The van der Waals surface area contributed by atoms with Crippen LogP contribution in [0.3, 0.4) is 0 Å². The molecule has 0 radical (unpaired) electrons. The lowest BCUT2D eigenvalue weighted by Gasteiger charge is -2.27. The van der Waals surface area contributed by atoms with Crippen molar-refractivity contribution in [3.8, 4) is 0 Å². The first-order chi connectivity index (χ1) is 16.3. The molecule has 0 amide bonds. The average molecular weight is 539 g/mol. The van der Waals surface area contributed by atoms with Crippen LogP contribution in [0, 0.1) is 0 Å². The predicted molar refractivity (Wildman–Crippen MR) is 134 cm³/mol. The van der Waals surface area contributed by atoms with Crippen LogP contribution in [0.15, 0.2) is 56.7 Å². The molecule has 0 spiro atoms. The maximum absolute atomic E-state index is 15.5. The summed E-state index contributed by atoms with van der Waals surface area (Å²) < 4.78 is 91.9. The molecule has 0 saturated carbocycles. The van der Waals surface area contributed by atoms with E-state index in [1.54, 1.807) is 13.8 Å². The SMILES string of the molecule is C=C1SC(C)C(C2=C(C3=C(NCCCC)C(=C)SC3C)C(F)(F)C(F)(F)C2(F)F)=C1NCCCC. The molecule has 0 saturated heterocycles. The van der Waals surface area contributed by atoms with E-state index < -0.39 is 39.4 Å². The first-order valence-corrected chi connectivity index (χ1v) is 13.6. The number of rotatable bonds is 10. The topological polar surface area (TPSA) is 24.1 Å². The van der Waals surface area contributed by atoms with E-state index in [-0.39, 0.29) is 22.5 Å². The normalized spacial score (nSPS) is 27.5. The van der Waals surface area contributed by atoms with Crippen molar-refractivity contribution in [3.05, 3.63) is 56.7 Å². The Kier molecular flexibility index (Phi) is 8.16. The molecule has 2 atom stereocenters. The van der Waals surface area contributed by atoms with E-state index in [1.165, 1.54) is 0 Å². The van der Waals surface area contributed by atoms with Crippen LogP contribution in [0.5, 0.6) is 0 Å². The zero-order valence-electron chi connectivity index (χ0n) is 20.4. The molecule has 0 fully saturated rings. The molecule has 1 aliphatic carbocycles. The van der Waals surface area contributed by atoms with Crippen LogP contribution in [0.1, 0.15) is 53.4 Å². The Bertz CT molecular complexity index is 920. The molecule has 3 rings (SSSR count). The molecule has 35 heavy (non-hydrogen) atoms. The van der Waals surface area contributed by atoms with E-state index in [2.05, 4.69) is 23.8 Å². The van der Waals surface area contributed by atoms with Gasteiger partial charge in [0.1, 0.15) is 0 Å². The van der Waals surface area contributed by atoms with Crippen molar-refractivity contribution < 1.29 is 26.3 Å². The van der Waals surface area contributed by atoms with Crippen molar-refractivity contribution >= 4 is 23.5 Å². The van der Waals surface area contributed by atoms with Crippen molar-refractivity contribution in [1.29, 1.82) is 0 Å². The fraction of sp³-hybridized carbons (Fsp3) is 0.600. The number of alkyl halides is 6. The van der Waals surface area contributed by atoms with Gasteiger partial charge in [0.2, 0.25) is 0 Å². The zero-order chi connectivity index (χ0) is 26.3. The van der Waals surface area contributed by atoms with E-state index in [1.807, 2.05) is 13.8 Å². The highest BCUT2D eigenvalue weighted by atomic mass is 32.2. The van der Waals surface area contributed by atoms with Gasteiger partial charge < -0.3 is 10.6 Å². The second-order valence-corrected chi connectivity index (χ2v) is 11.8. The number of hydrogen-bond donors (Lipinski definition) is 2. The summed E-state index contributed by atoms with van der Waals surface area (Å²) in [6, 6.07) is 0. The van der Waals surface area contributed by atoms with E-state index in [9.17, 15) is 8.78 Å². The van der Waals surface area contributed by atoms with Gasteiger partial charge in [-0.1, -0.05) is 39.8 Å². The fourth-order valence-electron chi connectivity index (χ4n) is 4.63. The lowest BCUT2D eigenvalue weighted by Crippen LogP contribution is -2.49. The highest BCUT2D eigenvalue weighted by Gasteiger charge is 2.81. The molecule has 3 aliphatic rings. The Hall–Kier alpha value is -1.42. The molecule has 2 unspecified atom stereocenters. The Morgan fingerprint density at radius 3 is 1.37 bits per heavy atom. The van der Waals surface area contributed by atoms with Crippen LogP contribution in [-0.4, -0.2) is 41.4 Å². The molecule has 10 heteroatoms. The Labute approximate surface area is 211 Å². The third kappa shape index (κ3) is 4.47. The van der Waals surface area contributed by atoms with Crippen LogP contribution >= 0.6 is 23.5 Å². The van der Waals surface area contributed by atoms with Crippen molar-refractivity contribution in [2.45, 2.75) is 81.6 Å². The minimum Gasteiger partial charge on any atom is -0.384 e. The Morgan fingerprint density at radius 2 is 1.06 bits per heavy atom. The summed E-state index contributed by atoms with van der Waals surface area (Å²) in [6.45, 7) is 15.5. The minimum atomic E-state index is -5.59. The average Bonchev–Trinajstić information content (AvgIpc) is 3.22. The summed E-state index contributed by atoms with van der Waals surface area (Å²) in [5.41, 5.74) is -2.70. The van der Waals surface area contributed by atoms with E-state index >= 15 is 17.6 Å². The van der Waals surface area contributed by atoms with Crippen LogP contribution in [0.25, 0.3) is 0 Å². The Morgan fingerprint density at radius 1 is 0.714 bits per heavy atom. The minimum absolute atomic E-state index is 0.148. The lowest BCUT2D eigenvalue weighted by atomic mass is 9.89. The van der Waals surface area contributed by atoms with Gasteiger partial charge in [0, 0.05) is 44.5 Å². The van der Waals surface area contributed by atoms with Crippen molar-refractivity contribution in [1.82, 2.24) is 10.6 Å². The van der Waals surface area contributed by atoms with Crippen LogP contribution in [0.2, 0.25) is 0 Å². The summed E-state index contributed by atoms with van der Waals surface area (Å²) in [6.07, 6.45) is 3.01. The van der Waals surface area contributed by atoms with E-state index in [4.69, 9.17) is 0 Å². The highest BCUT2D eigenvalue weighted by molar-refractivity contribution is 8.04. The molecule has 2 heterocycles. The standard InChI is InChI=1S/C25H32F6N2S2/c1-7-9-11-32-21-15(5)34-13(3)17(21)19-20(24(28,29)25(30,31)23(19,26)27)18-14(4)35-16(6)22(18)33-12-10-8-2/h13-14,32-33H,5-12H2,1-4H3. The lowest BCUT2D eigenvalue weighted by molar-refractivity contribution is -0.264. The van der Waals surface area contributed by atoms with Crippen LogP contribution < -0.4 is 10.6 Å².